The third kappa shape index (κ3) is 7.22. The third-order valence-corrected chi connectivity index (χ3v) is 3.95. The molecule has 158 valence electrons. The van der Waals surface area contributed by atoms with Crippen molar-refractivity contribution in [2.45, 2.75) is 26.2 Å². The Morgan fingerprint density at radius 3 is 2.72 bits per heavy atom. The maximum Gasteiger partial charge on any atom is 0.387 e. The molecular formula is C20H24F2IN3O3. The highest BCUT2D eigenvalue weighted by molar-refractivity contribution is 14.0. The Morgan fingerprint density at radius 2 is 1.97 bits per heavy atom. The van der Waals surface area contributed by atoms with Crippen LogP contribution in [0.1, 0.15) is 12.5 Å². The first-order valence-electron chi connectivity index (χ1n) is 9.08. The number of nitrogens with zero attached hydrogens (tertiary/aromatic N) is 1. The van der Waals surface area contributed by atoms with E-state index in [1.165, 1.54) is 6.07 Å². The van der Waals surface area contributed by atoms with Gasteiger partial charge in [-0.1, -0.05) is 24.3 Å². The highest BCUT2D eigenvalue weighted by Gasteiger charge is 2.20. The fourth-order valence-electron chi connectivity index (χ4n) is 2.71. The number of benzene rings is 2. The second-order valence-electron chi connectivity index (χ2n) is 6.10. The standard InChI is InChI=1S/C20H23F2N3O3.HI/c1-2-23-20(24-11-14-6-5-7-15(10-14)28-19(21)22)25-12-16-13-26-17-8-3-4-9-18(17)27-16;/h3-10,16,19H,2,11-13H2,1H3,(H2,23,24,25);1H. The molecule has 0 spiro atoms. The van der Waals surface area contributed by atoms with E-state index in [-0.39, 0.29) is 35.8 Å². The van der Waals surface area contributed by atoms with Gasteiger partial charge in [-0.25, -0.2) is 4.99 Å². The van der Waals surface area contributed by atoms with Crippen LogP contribution in [0.25, 0.3) is 0 Å². The zero-order valence-electron chi connectivity index (χ0n) is 15.9. The molecule has 0 saturated heterocycles. The molecular weight excluding hydrogens is 495 g/mol. The molecule has 0 amide bonds. The molecule has 1 aliphatic heterocycles. The predicted octanol–water partition coefficient (Wildman–Crippen LogP) is 3.80. The van der Waals surface area contributed by atoms with Gasteiger partial charge in [-0.15, -0.1) is 24.0 Å². The van der Waals surface area contributed by atoms with Crippen LogP contribution >= 0.6 is 24.0 Å². The predicted molar refractivity (Wildman–Crippen MR) is 118 cm³/mol. The van der Waals surface area contributed by atoms with Crippen molar-refractivity contribution in [3.8, 4) is 17.2 Å². The van der Waals surface area contributed by atoms with Crippen LogP contribution in [0.2, 0.25) is 0 Å². The minimum Gasteiger partial charge on any atom is -0.486 e. The largest absolute Gasteiger partial charge is 0.486 e. The number of nitrogens with one attached hydrogen (secondary N) is 2. The molecule has 0 aliphatic carbocycles. The molecule has 29 heavy (non-hydrogen) atoms. The van der Waals surface area contributed by atoms with Gasteiger partial charge in [0.05, 0.1) is 13.1 Å². The van der Waals surface area contributed by atoms with E-state index in [9.17, 15) is 8.78 Å². The molecule has 1 aliphatic rings. The summed E-state index contributed by atoms with van der Waals surface area (Å²) in [6.45, 7) is 1.07. The third-order valence-electron chi connectivity index (χ3n) is 3.95. The molecule has 2 N–H and O–H groups in total. The van der Waals surface area contributed by atoms with E-state index in [1.807, 2.05) is 31.2 Å². The Balaban J connectivity index is 0.00000300. The van der Waals surface area contributed by atoms with Gasteiger partial charge in [0, 0.05) is 6.54 Å². The van der Waals surface area contributed by atoms with Crippen LogP contribution in [0.15, 0.2) is 53.5 Å². The smallest absolute Gasteiger partial charge is 0.387 e. The number of guanidine groups is 1. The molecule has 9 heteroatoms. The van der Waals surface area contributed by atoms with Crippen molar-refractivity contribution >= 4 is 29.9 Å². The minimum absolute atomic E-state index is 0. The first kappa shape index (κ1) is 23.0. The van der Waals surface area contributed by atoms with Gasteiger partial charge in [0.25, 0.3) is 0 Å². The summed E-state index contributed by atoms with van der Waals surface area (Å²) in [5.41, 5.74) is 0.765. The van der Waals surface area contributed by atoms with Gasteiger partial charge in [-0.2, -0.15) is 8.78 Å². The lowest BCUT2D eigenvalue weighted by Gasteiger charge is -2.27. The quantitative estimate of drug-likeness (QED) is 0.331. The van der Waals surface area contributed by atoms with Crippen molar-refractivity contribution in [2.24, 2.45) is 4.99 Å². The number of aliphatic imine (C=N–C) groups is 1. The van der Waals surface area contributed by atoms with Gasteiger partial charge in [0.1, 0.15) is 18.5 Å². The molecule has 2 aromatic rings. The molecule has 1 unspecified atom stereocenters. The molecule has 1 heterocycles. The topological polar surface area (TPSA) is 64.1 Å². The summed E-state index contributed by atoms with van der Waals surface area (Å²) >= 11 is 0. The monoisotopic (exact) mass is 519 g/mol. The van der Waals surface area contributed by atoms with Crippen molar-refractivity contribution in [1.29, 1.82) is 0 Å². The summed E-state index contributed by atoms with van der Waals surface area (Å²) in [7, 11) is 0. The number of hydrogen-bond donors (Lipinski definition) is 2. The summed E-state index contributed by atoms with van der Waals surface area (Å²) < 4.78 is 40.7. The van der Waals surface area contributed by atoms with Gasteiger partial charge in [0.15, 0.2) is 17.5 Å². The zero-order valence-corrected chi connectivity index (χ0v) is 18.3. The van der Waals surface area contributed by atoms with Crippen LogP contribution in [0, 0.1) is 0 Å². The van der Waals surface area contributed by atoms with Crippen molar-refractivity contribution in [3.63, 3.8) is 0 Å². The highest BCUT2D eigenvalue weighted by atomic mass is 127. The SMILES string of the molecule is CCNC(=NCc1cccc(OC(F)F)c1)NCC1COc2ccccc2O1.I. The van der Waals surface area contributed by atoms with Crippen LogP contribution in [0.5, 0.6) is 17.2 Å². The van der Waals surface area contributed by atoms with E-state index in [0.29, 0.717) is 32.2 Å². The van der Waals surface area contributed by atoms with Crippen LogP contribution in [-0.4, -0.2) is 38.4 Å². The highest BCUT2D eigenvalue weighted by Crippen LogP contribution is 2.30. The van der Waals surface area contributed by atoms with Crippen LogP contribution in [0.4, 0.5) is 8.78 Å². The number of halogens is 3. The molecule has 3 rings (SSSR count). The van der Waals surface area contributed by atoms with Crippen LogP contribution < -0.4 is 24.8 Å². The van der Waals surface area contributed by atoms with Crippen molar-refractivity contribution < 1.29 is 23.0 Å². The molecule has 0 saturated carbocycles. The lowest BCUT2D eigenvalue weighted by molar-refractivity contribution is -0.0498. The second-order valence-corrected chi connectivity index (χ2v) is 6.10. The minimum atomic E-state index is -2.85. The Bertz CT molecular complexity index is 808. The van der Waals surface area contributed by atoms with Crippen molar-refractivity contribution in [3.05, 3.63) is 54.1 Å². The first-order valence-corrected chi connectivity index (χ1v) is 9.08. The number of rotatable bonds is 7. The van der Waals surface area contributed by atoms with E-state index in [1.54, 1.807) is 18.2 Å². The molecule has 0 aromatic heterocycles. The number of para-hydroxylation sites is 2. The Kier molecular flexibility index (Phi) is 9.23. The van der Waals surface area contributed by atoms with Crippen LogP contribution in [-0.2, 0) is 6.54 Å². The second kappa shape index (κ2) is 11.6. The maximum atomic E-state index is 12.3. The van der Waals surface area contributed by atoms with Gasteiger partial charge in [-0.3, -0.25) is 0 Å². The van der Waals surface area contributed by atoms with Gasteiger partial charge in [-0.05, 0) is 36.8 Å². The summed E-state index contributed by atoms with van der Waals surface area (Å²) in [5.74, 6) is 2.18. The summed E-state index contributed by atoms with van der Waals surface area (Å²) in [6.07, 6.45) is -0.151. The number of alkyl halides is 2. The number of fused-ring (bicyclic) bond motifs is 1. The van der Waals surface area contributed by atoms with Gasteiger partial charge in [0.2, 0.25) is 0 Å². The summed E-state index contributed by atoms with van der Waals surface area (Å²) in [6, 6.07) is 14.0. The van der Waals surface area contributed by atoms with Gasteiger partial charge < -0.3 is 24.8 Å². The van der Waals surface area contributed by atoms with E-state index in [0.717, 1.165) is 17.1 Å². The summed E-state index contributed by atoms with van der Waals surface area (Å²) in [4.78, 5) is 4.49. The molecule has 0 radical (unpaired) electrons. The fraction of sp³-hybridized carbons (Fsp3) is 0.350. The molecule has 0 fully saturated rings. The lowest BCUT2D eigenvalue weighted by atomic mass is 10.2. The van der Waals surface area contributed by atoms with Crippen molar-refractivity contribution in [1.82, 2.24) is 10.6 Å². The van der Waals surface area contributed by atoms with Gasteiger partial charge >= 0.3 is 6.61 Å². The van der Waals surface area contributed by atoms with E-state index in [4.69, 9.17) is 9.47 Å². The Morgan fingerprint density at radius 1 is 1.17 bits per heavy atom. The molecule has 2 aromatic carbocycles. The maximum absolute atomic E-state index is 12.3. The number of ether oxygens (including phenoxy) is 3. The van der Waals surface area contributed by atoms with E-state index < -0.39 is 6.61 Å². The summed E-state index contributed by atoms with van der Waals surface area (Å²) in [5, 5.41) is 6.37. The first-order chi connectivity index (χ1) is 13.6. The van der Waals surface area contributed by atoms with E-state index >= 15 is 0 Å². The molecule has 0 bridgehead atoms. The van der Waals surface area contributed by atoms with Crippen molar-refractivity contribution in [2.75, 3.05) is 19.7 Å². The normalized spacial score (nSPS) is 15.4. The Hall–Kier alpha value is -2.30. The average molecular weight is 519 g/mol. The fourth-order valence-corrected chi connectivity index (χ4v) is 2.71. The van der Waals surface area contributed by atoms with Crippen LogP contribution in [0.3, 0.4) is 0 Å². The molecule has 6 nitrogen and oxygen atoms in total. The zero-order chi connectivity index (χ0) is 19.8. The molecule has 1 atom stereocenters. The average Bonchev–Trinajstić information content (AvgIpc) is 2.70. The van der Waals surface area contributed by atoms with E-state index in [2.05, 4.69) is 20.4 Å². The Labute approximate surface area is 185 Å². The lowest BCUT2D eigenvalue weighted by Crippen LogP contribution is -2.45. The number of hydrogen-bond acceptors (Lipinski definition) is 4.